The third kappa shape index (κ3) is 7.55. The van der Waals surface area contributed by atoms with Gasteiger partial charge in [-0.15, -0.1) is 0 Å². The van der Waals surface area contributed by atoms with E-state index >= 15 is 0 Å². The van der Waals surface area contributed by atoms with E-state index in [1.54, 1.807) is 11.1 Å². The number of aromatic nitrogens is 3. The van der Waals surface area contributed by atoms with Crippen LogP contribution in [-0.2, 0) is 17.7 Å². The minimum absolute atomic E-state index is 0.0383. The van der Waals surface area contributed by atoms with Gasteiger partial charge in [-0.05, 0) is 72.0 Å². The number of carbonyl (C=O) groups excluding carboxylic acids is 1. The molecule has 0 unspecified atom stereocenters. The van der Waals surface area contributed by atoms with Gasteiger partial charge in [-0.3, -0.25) is 14.7 Å². The number of nitrogens with zero attached hydrogens (tertiary/aromatic N) is 7. The summed E-state index contributed by atoms with van der Waals surface area (Å²) in [5.41, 5.74) is 2.67. The zero-order valence-corrected chi connectivity index (χ0v) is 28.8. The van der Waals surface area contributed by atoms with Crippen molar-refractivity contribution in [1.82, 2.24) is 29.7 Å². The second-order valence-electron chi connectivity index (χ2n) is 13.8. The first kappa shape index (κ1) is 34.0. The number of rotatable bonds is 14. The van der Waals surface area contributed by atoms with Gasteiger partial charge in [0.25, 0.3) is 5.91 Å². The van der Waals surface area contributed by atoms with E-state index in [9.17, 15) is 9.18 Å². The van der Waals surface area contributed by atoms with Crippen molar-refractivity contribution in [1.29, 1.82) is 0 Å². The van der Waals surface area contributed by atoms with Gasteiger partial charge in [0.05, 0.1) is 25.0 Å². The molecule has 2 fully saturated rings. The van der Waals surface area contributed by atoms with E-state index in [0.717, 1.165) is 83.2 Å². The summed E-state index contributed by atoms with van der Waals surface area (Å²) < 4.78 is 33.0. The lowest BCUT2D eigenvalue weighted by Gasteiger charge is -2.59. The number of amides is 1. The molecule has 2 aliphatic heterocycles. The Bertz CT molecular complexity index is 1570. The third-order valence-corrected chi connectivity index (χ3v) is 9.63. The van der Waals surface area contributed by atoms with Crippen LogP contribution in [0, 0.1) is 11.2 Å². The third-order valence-electron chi connectivity index (χ3n) is 9.63. The van der Waals surface area contributed by atoms with Crippen molar-refractivity contribution >= 4 is 11.7 Å². The topological polar surface area (TPSA) is 96.4 Å². The van der Waals surface area contributed by atoms with Gasteiger partial charge in [-0.1, -0.05) is 0 Å². The summed E-state index contributed by atoms with van der Waals surface area (Å²) in [5, 5.41) is 0. The molecule has 0 atom stereocenters. The Morgan fingerprint density at radius 2 is 1.92 bits per heavy atom. The van der Waals surface area contributed by atoms with Crippen molar-refractivity contribution in [2.24, 2.45) is 5.41 Å². The number of carbonyl (C=O) groups is 1. The summed E-state index contributed by atoms with van der Waals surface area (Å²) in [6, 6.07) is 6.00. The first-order valence-corrected chi connectivity index (χ1v) is 17.1. The highest BCUT2D eigenvalue weighted by Crippen LogP contribution is 2.52. The quantitative estimate of drug-likeness (QED) is 0.227. The molecule has 258 valence electrons. The van der Waals surface area contributed by atoms with Crippen LogP contribution in [0.3, 0.4) is 0 Å². The van der Waals surface area contributed by atoms with Crippen LogP contribution in [0.15, 0.2) is 43.0 Å². The van der Waals surface area contributed by atoms with E-state index in [1.165, 1.54) is 30.1 Å². The number of pyridine rings is 1. The van der Waals surface area contributed by atoms with Crippen LogP contribution in [0.2, 0.25) is 0 Å². The zero-order valence-electron chi connectivity index (χ0n) is 28.8. The predicted molar refractivity (Wildman–Crippen MR) is 181 cm³/mol. The Labute approximate surface area is 283 Å². The van der Waals surface area contributed by atoms with Crippen LogP contribution in [0.25, 0.3) is 0 Å². The fraction of sp³-hybridized carbons (Fsp3) is 0.556. The molecule has 1 saturated carbocycles. The van der Waals surface area contributed by atoms with Crippen LogP contribution < -0.4 is 14.4 Å². The van der Waals surface area contributed by atoms with Gasteiger partial charge < -0.3 is 28.9 Å². The van der Waals surface area contributed by atoms with E-state index in [2.05, 4.69) is 43.7 Å². The standard InChI is InChI=1S/C36H48FN7O4/c1-6-44(25(2)3)35(45)28-17-26(37)7-8-31(28)48-33-20-38-24-40-34(33)43-22-36(23-43)18-27(19-36)47-32-9-11-39-30-10-12-42(21-29(30)32)14-16-46-15-13-41(4)5/h7-9,11,17,20,24-25,27H,6,10,12-16,18-19,21-23H2,1-5H3. The number of hydrogen-bond donors (Lipinski definition) is 0. The molecule has 1 amide bonds. The summed E-state index contributed by atoms with van der Waals surface area (Å²) in [6.45, 7) is 13.0. The van der Waals surface area contributed by atoms with Crippen LogP contribution in [0.1, 0.15) is 55.2 Å². The molecule has 6 rings (SSSR count). The lowest BCUT2D eigenvalue weighted by Crippen LogP contribution is -2.65. The average molecular weight is 662 g/mol. The summed E-state index contributed by atoms with van der Waals surface area (Å²) >= 11 is 0. The molecule has 1 aliphatic carbocycles. The molecule has 11 nitrogen and oxygen atoms in total. The van der Waals surface area contributed by atoms with Gasteiger partial charge in [0.1, 0.15) is 29.7 Å². The fourth-order valence-electron chi connectivity index (χ4n) is 7.05. The molecule has 0 bridgehead atoms. The number of halogens is 1. The van der Waals surface area contributed by atoms with Gasteiger partial charge in [-0.2, -0.15) is 0 Å². The lowest BCUT2D eigenvalue weighted by atomic mass is 9.61. The van der Waals surface area contributed by atoms with Crippen molar-refractivity contribution in [3.05, 3.63) is 65.6 Å². The van der Waals surface area contributed by atoms with E-state index in [4.69, 9.17) is 14.2 Å². The van der Waals surface area contributed by atoms with E-state index in [0.29, 0.717) is 18.1 Å². The molecule has 12 heteroatoms. The maximum atomic E-state index is 14.3. The number of anilines is 1. The molecular formula is C36H48FN7O4. The average Bonchev–Trinajstić information content (AvgIpc) is 3.02. The summed E-state index contributed by atoms with van der Waals surface area (Å²) in [5.74, 6) is 1.55. The largest absolute Gasteiger partial charge is 0.490 e. The molecule has 3 aliphatic rings. The highest BCUT2D eigenvalue weighted by atomic mass is 19.1. The molecule has 0 N–H and O–H groups in total. The Morgan fingerprint density at radius 1 is 1.10 bits per heavy atom. The Kier molecular flexibility index (Phi) is 10.4. The Hall–Kier alpha value is -3.87. The summed E-state index contributed by atoms with van der Waals surface area (Å²) in [7, 11) is 4.11. The van der Waals surface area contributed by atoms with E-state index in [1.807, 2.05) is 33.0 Å². The number of fused-ring (bicyclic) bond motifs is 1. The second kappa shape index (κ2) is 14.7. The number of benzene rings is 1. The molecule has 48 heavy (non-hydrogen) atoms. The van der Waals surface area contributed by atoms with Crippen molar-refractivity contribution in [2.45, 2.75) is 58.7 Å². The van der Waals surface area contributed by atoms with Gasteiger partial charge in [0.2, 0.25) is 0 Å². The number of likely N-dealkylation sites (N-methyl/N-ethyl adjacent to an activating group) is 1. The minimum Gasteiger partial charge on any atom is -0.490 e. The van der Waals surface area contributed by atoms with Gasteiger partial charge >= 0.3 is 0 Å². The maximum Gasteiger partial charge on any atom is 0.257 e. The number of ether oxygens (including phenoxy) is 3. The SMILES string of the molecule is CCN(C(=O)c1cc(F)ccc1Oc1cncnc1N1CC2(CC(Oc3ccnc4c3CN(CCOCCN(C)C)CC4)C2)C1)C(C)C. The Balaban J connectivity index is 1.05. The van der Waals surface area contributed by atoms with Gasteiger partial charge in [0.15, 0.2) is 11.6 Å². The lowest BCUT2D eigenvalue weighted by molar-refractivity contribution is -0.0353. The summed E-state index contributed by atoms with van der Waals surface area (Å²) in [6.07, 6.45) is 7.96. The van der Waals surface area contributed by atoms with Crippen LogP contribution >= 0.6 is 0 Å². The van der Waals surface area contributed by atoms with Crippen LogP contribution in [0.5, 0.6) is 17.2 Å². The van der Waals surface area contributed by atoms with Crippen molar-refractivity contribution in [2.75, 3.05) is 71.5 Å². The zero-order chi connectivity index (χ0) is 33.8. The Morgan fingerprint density at radius 3 is 2.67 bits per heavy atom. The van der Waals surface area contributed by atoms with E-state index < -0.39 is 5.82 Å². The molecule has 0 radical (unpaired) electrons. The van der Waals surface area contributed by atoms with Crippen LogP contribution in [0.4, 0.5) is 10.2 Å². The smallest absolute Gasteiger partial charge is 0.257 e. The molecule has 3 aromatic rings. The monoisotopic (exact) mass is 661 g/mol. The maximum absolute atomic E-state index is 14.3. The normalized spacial score (nSPS) is 17.3. The summed E-state index contributed by atoms with van der Waals surface area (Å²) in [4.78, 5) is 35.1. The highest BCUT2D eigenvalue weighted by Gasteiger charge is 2.54. The molecule has 1 spiro atoms. The van der Waals surface area contributed by atoms with Crippen molar-refractivity contribution in [3.63, 3.8) is 0 Å². The van der Waals surface area contributed by atoms with Gasteiger partial charge in [0, 0.05) is 81.1 Å². The van der Waals surface area contributed by atoms with E-state index in [-0.39, 0.29) is 34.8 Å². The highest BCUT2D eigenvalue weighted by molar-refractivity contribution is 5.97. The first-order chi connectivity index (χ1) is 23.1. The van der Waals surface area contributed by atoms with Crippen molar-refractivity contribution < 1.29 is 23.4 Å². The molecule has 1 aromatic carbocycles. The molecule has 4 heterocycles. The van der Waals surface area contributed by atoms with Gasteiger partial charge in [-0.25, -0.2) is 14.4 Å². The minimum atomic E-state index is -0.494. The number of hydrogen-bond acceptors (Lipinski definition) is 10. The second-order valence-corrected chi connectivity index (χ2v) is 13.8. The molecule has 1 saturated heterocycles. The molecular weight excluding hydrogens is 613 g/mol. The first-order valence-electron chi connectivity index (χ1n) is 17.1. The van der Waals surface area contributed by atoms with Crippen LogP contribution in [-0.4, -0.2) is 114 Å². The van der Waals surface area contributed by atoms with Crippen molar-refractivity contribution in [3.8, 4) is 17.2 Å². The fourth-order valence-corrected chi connectivity index (χ4v) is 7.05. The molecule has 2 aromatic heterocycles. The predicted octanol–water partition coefficient (Wildman–Crippen LogP) is 4.66.